The van der Waals surface area contributed by atoms with E-state index >= 15 is 0 Å². The van der Waals surface area contributed by atoms with Gasteiger partial charge in [0.25, 0.3) is 0 Å². The molecule has 116 valence electrons. The van der Waals surface area contributed by atoms with Crippen LogP contribution in [0.1, 0.15) is 23.3 Å². The number of allylic oxidation sites excluding steroid dienone is 1. The Labute approximate surface area is 135 Å². The number of thiophene rings is 1. The second-order valence-electron chi connectivity index (χ2n) is 4.97. The van der Waals surface area contributed by atoms with Crippen molar-refractivity contribution in [3.8, 4) is 0 Å². The summed E-state index contributed by atoms with van der Waals surface area (Å²) in [5.74, 6) is -0.00659. The van der Waals surface area contributed by atoms with E-state index in [1.807, 2.05) is 43.3 Å². The monoisotopic (exact) mass is 315 g/mol. The molecule has 22 heavy (non-hydrogen) atoms. The summed E-state index contributed by atoms with van der Waals surface area (Å²) in [6.07, 6.45) is 4.08. The smallest absolute Gasteiger partial charge is 0.325 e. The number of rotatable bonds is 7. The van der Waals surface area contributed by atoms with Gasteiger partial charge in [-0.25, -0.2) is 0 Å². The van der Waals surface area contributed by atoms with Gasteiger partial charge < -0.3 is 9.64 Å². The normalized spacial score (nSPS) is 12.3. The summed E-state index contributed by atoms with van der Waals surface area (Å²) in [6, 6.07) is 14.6. The molecule has 3 nitrogen and oxygen atoms in total. The highest BCUT2D eigenvalue weighted by Crippen LogP contribution is 2.29. The summed E-state index contributed by atoms with van der Waals surface area (Å²) in [4.78, 5) is 14.6. The van der Waals surface area contributed by atoms with E-state index in [0.717, 1.165) is 0 Å². The Morgan fingerprint density at radius 2 is 2.05 bits per heavy atom. The predicted molar refractivity (Wildman–Crippen MR) is 91.0 cm³/mol. The van der Waals surface area contributed by atoms with Crippen LogP contribution >= 0.6 is 11.3 Å². The van der Waals surface area contributed by atoms with Crippen LogP contribution in [0.15, 0.2) is 60.1 Å². The molecule has 0 amide bonds. The van der Waals surface area contributed by atoms with Crippen molar-refractivity contribution in [3.05, 3.63) is 70.6 Å². The number of benzene rings is 1. The Morgan fingerprint density at radius 3 is 2.68 bits per heavy atom. The highest BCUT2D eigenvalue weighted by atomic mass is 32.1. The van der Waals surface area contributed by atoms with Gasteiger partial charge in [0, 0.05) is 17.8 Å². The SMILES string of the molecule is CCOC(=O)CN(C)C=CC(c1ccccc1)c1cccs1. The van der Waals surface area contributed by atoms with Crippen LogP contribution < -0.4 is 0 Å². The lowest BCUT2D eigenvalue weighted by Crippen LogP contribution is -2.23. The molecule has 2 aromatic rings. The standard InChI is InChI=1S/C18H21NO2S/c1-3-21-18(20)14-19(2)12-11-16(17-10-7-13-22-17)15-8-5-4-6-9-15/h4-13,16H,3,14H2,1-2H3. The third-order valence-corrected chi connectivity index (χ3v) is 4.18. The molecule has 0 bridgehead atoms. The van der Waals surface area contributed by atoms with Gasteiger partial charge in [-0.3, -0.25) is 4.79 Å². The first-order valence-electron chi connectivity index (χ1n) is 7.33. The van der Waals surface area contributed by atoms with Gasteiger partial charge in [-0.05, 0) is 30.1 Å². The van der Waals surface area contributed by atoms with E-state index < -0.39 is 0 Å². The number of ether oxygens (including phenoxy) is 1. The summed E-state index contributed by atoms with van der Waals surface area (Å²) in [6.45, 7) is 2.49. The maximum absolute atomic E-state index is 11.5. The Bertz CT molecular complexity index is 593. The fourth-order valence-corrected chi connectivity index (χ4v) is 3.03. The molecule has 0 radical (unpaired) electrons. The predicted octanol–water partition coefficient (Wildman–Crippen LogP) is 3.89. The van der Waals surface area contributed by atoms with Crippen molar-refractivity contribution < 1.29 is 9.53 Å². The first-order chi connectivity index (χ1) is 10.7. The zero-order valence-electron chi connectivity index (χ0n) is 12.9. The van der Waals surface area contributed by atoms with Crippen molar-refractivity contribution >= 4 is 17.3 Å². The van der Waals surface area contributed by atoms with Gasteiger partial charge in [-0.2, -0.15) is 0 Å². The Hall–Kier alpha value is -2.07. The maximum atomic E-state index is 11.5. The summed E-state index contributed by atoms with van der Waals surface area (Å²) in [5.41, 5.74) is 1.24. The summed E-state index contributed by atoms with van der Waals surface area (Å²) in [5, 5.41) is 2.08. The van der Waals surface area contributed by atoms with Crippen LogP contribution in [-0.2, 0) is 9.53 Å². The van der Waals surface area contributed by atoms with Crippen molar-refractivity contribution in [3.63, 3.8) is 0 Å². The van der Waals surface area contributed by atoms with E-state index in [4.69, 9.17) is 4.74 Å². The lowest BCUT2D eigenvalue weighted by Gasteiger charge is -2.16. The zero-order valence-corrected chi connectivity index (χ0v) is 13.8. The molecule has 0 saturated carbocycles. The number of esters is 1. The van der Waals surface area contributed by atoms with Gasteiger partial charge in [0.15, 0.2) is 0 Å². The number of carbonyl (C=O) groups excluding carboxylic acids is 1. The first kappa shape index (κ1) is 16.3. The number of hydrogen-bond acceptors (Lipinski definition) is 4. The van der Waals surface area contributed by atoms with Gasteiger partial charge in [0.1, 0.15) is 6.54 Å². The molecule has 1 aromatic heterocycles. The van der Waals surface area contributed by atoms with Crippen LogP contribution in [0, 0.1) is 0 Å². The molecule has 0 fully saturated rings. The molecule has 0 spiro atoms. The molecule has 1 heterocycles. The quantitative estimate of drug-likeness (QED) is 0.726. The van der Waals surface area contributed by atoms with Gasteiger partial charge >= 0.3 is 5.97 Å². The number of likely N-dealkylation sites (N-methyl/N-ethyl adjacent to an activating group) is 1. The van der Waals surface area contributed by atoms with E-state index in [0.29, 0.717) is 6.61 Å². The number of nitrogens with zero attached hydrogens (tertiary/aromatic N) is 1. The summed E-state index contributed by atoms with van der Waals surface area (Å²) >= 11 is 1.74. The van der Waals surface area contributed by atoms with Crippen LogP contribution in [0.2, 0.25) is 0 Å². The molecule has 0 aliphatic carbocycles. The molecular formula is C18H21NO2S. The third-order valence-electron chi connectivity index (χ3n) is 3.23. The maximum Gasteiger partial charge on any atom is 0.325 e. The highest BCUT2D eigenvalue weighted by Gasteiger charge is 2.12. The largest absolute Gasteiger partial charge is 0.465 e. The minimum Gasteiger partial charge on any atom is -0.465 e. The molecule has 0 aliphatic rings. The van der Waals surface area contributed by atoms with Crippen molar-refractivity contribution in [2.24, 2.45) is 0 Å². The van der Waals surface area contributed by atoms with E-state index in [2.05, 4.69) is 35.7 Å². The number of carbonyl (C=O) groups is 1. The fourth-order valence-electron chi connectivity index (χ4n) is 2.19. The lowest BCUT2D eigenvalue weighted by atomic mass is 9.97. The van der Waals surface area contributed by atoms with Gasteiger partial charge in [0.05, 0.1) is 6.61 Å². The Kier molecular flexibility index (Phi) is 6.22. The van der Waals surface area contributed by atoms with Crippen LogP contribution in [0.4, 0.5) is 0 Å². The van der Waals surface area contributed by atoms with E-state index in [9.17, 15) is 4.79 Å². The van der Waals surface area contributed by atoms with E-state index in [-0.39, 0.29) is 18.4 Å². The first-order valence-corrected chi connectivity index (χ1v) is 8.21. The van der Waals surface area contributed by atoms with Crippen molar-refractivity contribution in [2.45, 2.75) is 12.8 Å². The fraction of sp³-hybridized carbons (Fsp3) is 0.278. The molecule has 1 atom stereocenters. The Balaban J connectivity index is 2.10. The van der Waals surface area contributed by atoms with Crippen molar-refractivity contribution in [1.82, 2.24) is 4.90 Å². The second-order valence-corrected chi connectivity index (χ2v) is 5.94. The molecular weight excluding hydrogens is 294 g/mol. The minimum absolute atomic E-state index is 0.200. The van der Waals surface area contributed by atoms with Crippen molar-refractivity contribution in [2.75, 3.05) is 20.2 Å². The molecule has 0 aliphatic heterocycles. The van der Waals surface area contributed by atoms with Gasteiger partial charge in [0.2, 0.25) is 0 Å². The van der Waals surface area contributed by atoms with Gasteiger partial charge in [-0.1, -0.05) is 42.5 Å². The van der Waals surface area contributed by atoms with E-state index in [1.165, 1.54) is 10.4 Å². The van der Waals surface area contributed by atoms with Crippen LogP contribution in [0.25, 0.3) is 0 Å². The topological polar surface area (TPSA) is 29.5 Å². The minimum atomic E-state index is -0.206. The average molecular weight is 315 g/mol. The lowest BCUT2D eigenvalue weighted by molar-refractivity contribution is -0.143. The van der Waals surface area contributed by atoms with E-state index in [1.54, 1.807) is 11.3 Å². The van der Waals surface area contributed by atoms with Crippen LogP contribution in [-0.4, -0.2) is 31.1 Å². The second kappa shape index (κ2) is 8.39. The molecule has 0 N–H and O–H groups in total. The average Bonchev–Trinajstić information content (AvgIpc) is 3.03. The number of hydrogen-bond donors (Lipinski definition) is 0. The van der Waals surface area contributed by atoms with Crippen molar-refractivity contribution in [1.29, 1.82) is 0 Å². The summed E-state index contributed by atoms with van der Waals surface area (Å²) < 4.78 is 4.96. The summed E-state index contributed by atoms with van der Waals surface area (Å²) in [7, 11) is 1.88. The van der Waals surface area contributed by atoms with Crippen LogP contribution in [0.3, 0.4) is 0 Å². The zero-order chi connectivity index (χ0) is 15.8. The molecule has 1 unspecified atom stereocenters. The molecule has 4 heteroatoms. The van der Waals surface area contributed by atoms with Gasteiger partial charge in [-0.15, -0.1) is 11.3 Å². The van der Waals surface area contributed by atoms with Crippen LogP contribution in [0.5, 0.6) is 0 Å². The highest BCUT2D eigenvalue weighted by molar-refractivity contribution is 7.10. The molecule has 0 saturated heterocycles. The third kappa shape index (κ3) is 4.74. The molecule has 1 aromatic carbocycles. The Morgan fingerprint density at radius 1 is 1.27 bits per heavy atom. The molecule has 2 rings (SSSR count).